The van der Waals surface area contributed by atoms with Gasteiger partial charge >= 0.3 is 0 Å². The number of carbonyl (C=O) groups is 2. The summed E-state index contributed by atoms with van der Waals surface area (Å²) in [6.45, 7) is 1.71. The third kappa shape index (κ3) is 6.85. The third-order valence-electron chi connectivity index (χ3n) is 5.82. The van der Waals surface area contributed by atoms with E-state index in [1.165, 1.54) is 30.2 Å². The van der Waals surface area contributed by atoms with Crippen LogP contribution in [-0.2, 0) is 21.4 Å². The quantitative estimate of drug-likeness (QED) is 0.223. The minimum Gasteiger partial charge on any atom is -0.492 e. The molecule has 3 aromatic carbocycles. The first-order valence-electron chi connectivity index (χ1n) is 12.4. The summed E-state index contributed by atoms with van der Waals surface area (Å²) in [6.07, 6.45) is 3.41. The Morgan fingerprint density at radius 2 is 1.68 bits per heavy atom. The maximum atomic E-state index is 13.9. The molecule has 0 aliphatic heterocycles. The number of amides is 2. The molecule has 0 saturated heterocycles. The lowest BCUT2D eigenvalue weighted by atomic mass is 10.1. The smallest absolute Gasteiger partial charge is 0.264 e. The Bertz CT molecular complexity index is 1550. The van der Waals surface area contributed by atoms with E-state index in [4.69, 9.17) is 9.15 Å². The van der Waals surface area contributed by atoms with Gasteiger partial charge in [0.2, 0.25) is 5.91 Å². The van der Waals surface area contributed by atoms with Crippen molar-refractivity contribution in [1.29, 1.82) is 0 Å². The van der Waals surface area contributed by atoms with Gasteiger partial charge < -0.3 is 19.8 Å². The molecule has 0 radical (unpaired) electrons. The maximum Gasteiger partial charge on any atom is 0.264 e. The number of anilines is 2. The first kappa shape index (κ1) is 28.8. The van der Waals surface area contributed by atoms with Gasteiger partial charge in [-0.3, -0.25) is 13.9 Å². The first-order valence-corrected chi connectivity index (χ1v) is 15.1. The Kier molecular flexibility index (Phi) is 9.52. The van der Waals surface area contributed by atoms with Crippen molar-refractivity contribution in [2.75, 3.05) is 29.0 Å². The summed E-state index contributed by atoms with van der Waals surface area (Å²) >= 11 is 1.49. The average molecular weight is 580 g/mol. The standard InChI is InChI=1S/C29H29N3O6S2/c1-3-37-27-13-7-6-12-26(27)32(40(35,36)23-16-14-22(39-2)15-17-23)20-28(33)31-25-11-5-4-10-24(25)29(34)30-19-21-9-8-18-38-21/h4-18H,3,19-20H2,1-2H3,(H,30,34)(H,31,33). The molecule has 0 fully saturated rings. The molecular formula is C29H29N3O6S2. The Morgan fingerprint density at radius 3 is 2.38 bits per heavy atom. The van der Waals surface area contributed by atoms with Crippen molar-refractivity contribution in [3.63, 3.8) is 0 Å². The number of sulfonamides is 1. The van der Waals surface area contributed by atoms with Crippen molar-refractivity contribution in [1.82, 2.24) is 5.32 Å². The van der Waals surface area contributed by atoms with Crippen LogP contribution in [0, 0.1) is 0 Å². The summed E-state index contributed by atoms with van der Waals surface area (Å²) in [7, 11) is -4.17. The lowest BCUT2D eigenvalue weighted by Crippen LogP contribution is -2.38. The van der Waals surface area contributed by atoms with Gasteiger partial charge in [0.05, 0.1) is 41.2 Å². The molecule has 4 rings (SSSR count). The zero-order chi connectivity index (χ0) is 28.5. The van der Waals surface area contributed by atoms with Crippen molar-refractivity contribution in [3.05, 3.63) is 103 Å². The van der Waals surface area contributed by atoms with Crippen LogP contribution in [0.3, 0.4) is 0 Å². The predicted molar refractivity (Wildman–Crippen MR) is 155 cm³/mol. The summed E-state index contributed by atoms with van der Waals surface area (Å²) in [4.78, 5) is 27.2. The van der Waals surface area contributed by atoms with Crippen LogP contribution in [0.4, 0.5) is 11.4 Å². The van der Waals surface area contributed by atoms with Gasteiger partial charge in [0.15, 0.2) is 0 Å². The van der Waals surface area contributed by atoms with Gasteiger partial charge in [0.25, 0.3) is 15.9 Å². The van der Waals surface area contributed by atoms with Crippen LogP contribution < -0.4 is 19.7 Å². The van der Waals surface area contributed by atoms with E-state index >= 15 is 0 Å². The SMILES string of the molecule is CCOc1ccccc1N(CC(=O)Nc1ccccc1C(=O)NCc1ccco1)S(=O)(=O)c1ccc(SC)cc1. The molecular weight excluding hydrogens is 550 g/mol. The Morgan fingerprint density at radius 1 is 0.950 bits per heavy atom. The lowest BCUT2D eigenvalue weighted by Gasteiger charge is -2.26. The topological polar surface area (TPSA) is 118 Å². The minimum atomic E-state index is -4.17. The highest BCUT2D eigenvalue weighted by Crippen LogP contribution is 2.33. The van der Waals surface area contributed by atoms with Crippen molar-refractivity contribution < 1.29 is 27.2 Å². The van der Waals surface area contributed by atoms with Crippen LogP contribution in [0.2, 0.25) is 0 Å². The number of benzene rings is 3. The van der Waals surface area contributed by atoms with E-state index < -0.39 is 28.4 Å². The molecule has 1 aromatic heterocycles. The number of rotatable bonds is 12. The van der Waals surface area contributed by atoms with Crippen molar-refractivity contribution in [3.8, 4) is 5.75 Å². The largest absolute Gasteiger partial charge is 0.492 e. The number of nitrogens with one attached hydrogen (secondary N) is 2. The molecule has 9 nitrogen and oxygen atoms in total. The molecule has 1 heterocycles. The van der Waals surface area contributed by atoms with Gasteiger partial charge in [-0.15, -0.1) is 11.8 Å². The molecule has 4 aromatic rings. The first-order chi connectivity index (χ1) is 19.3. The van der Waals surface area contributed by atoms with Gasteiger partial charge in [-0.25, -0.2) is 8.42 Å². The van der Waals surface area contributed by atoms with Crippen molar-refractivity contribution in [2.45, 2.75) is 23.3 Å². The second-order valence-electron chi connectivity index (χ2n) is 8.44. The van der Waals surface area contributed by atoms with Crippen LogP contribution in [0.15, 0.2) is 105 Å². The minimum absolute atomic E-state index is 0.0297. The fourth-order valence-corrected chi connectivity index (χ4v) is 5.74. The molecule has 0 saturated carbocycles. The van der Waals surface area contributed by atoms with Crippen molar-refractivity contribution in [2.24, 2.45) is 0 Å². The zero-order valence-electron chi connectivity index (χ0n) is 22.0. The van der Waals surface area contributed by atoms with E-state index in [2.05, 4.69) is 10.6 Å². The van der Waals surface area contributed by atoms with E-state index in [1.54, 1.807) is 79.7 Å². The van der Waals surface area contributed by atoms with Gasteiger partial charge in [0, 0.05) is 4.90 Å². The van der Waals surface area contributed by atoms with Crippen molar-refractivity contribution >= 4 is 45.0 Å². The van der Waals surface area contributed by atoms with Gasteiger partial charge in [-0.1, -0.05) is 24.3 Å². The fraction of sp³-hybridized carbons (Fsp3) is 0.172. The molecule has 2 N–H and O–H groups in total. The summed E-state index contributed by atoms with van der Waals surface area (Å²) in [5.74, 6) is -0.164. The Hall–Kier alpha value is -4.22. The van der Waals surface area contributed by atoms with Crippen LogP contribution in [-0.4, -0.2) is 39.6 Å². The highest BCUT2D eigenvalue weighted by molar-refractivity contribution is 7.98. The number of hydrogen-bond donors (Lipinski definition) is 2. The van der Waals surface area contributed by atoms with Crippen LogP contribution in [0.1, 0.15) is 23.0 Å². The Balaban J connectivity index is 1.62. The molecule has 0 atom stereocenters. The van der Waals surface area contributed by atoms with E-state index in [0.717, 1.165) is 9.20 Å². The number of nitrogens with zero attached hydrogens (tertiary/aromatic N) is 1. The number of thioether (sulfide) groups is 1. The number of furan rings is 1. The van der Waals surface area contributed by atoms with E-state index in [-0.39, 0.29) is 28.4 Å². The van der Waals surface area contributed by atoms with E-state index in [9.17, 15) is 18.0 Å². The number of hydrogen-bond acceptors (Lipinski definition) is 7. The summed E-state index contributed by atoms with van der Waals surface area (Å²) in [5.41, 5.74) is 0.682. The molecule has 40 heavy (non-hydrogen) atoms. The number of ether oxygens (including phenoxy) is 1. The molecule has 0 bridgehead atoms. The highest BCUT2D eigenvalue weighted by Gasteiger charge is 2.30. The predicted octanol–water partition coefficient (Wildman–Crippen LogP) is 5.16. The highest BCUT2D eigenvalue weighted by atomic mass is 32.2. The summed E-state index contributed by atoms with van der Waals surface area (Å²) in [5, 5.41) is 5.45. The molecule has 0 unspecified atom stereocenters. The van der Waals surface area contributed by atoms with Gasteiger partial charge in [-0.05, 0) is 73.8 Å². The van der Waals surface area contributed by atoms with Crippen LogP contribution >= 0.6 is 11.8 Å². The summed E-state index contributed by atoms with van der Waals surface area (Å²) < 4.78 is 39.7. The molecule has 0 spiro atoms. The number of para-hydroxylation sites is 3. The van der Waals surface area contributed by atoms with Crippen LogP contribution in [0.25, 0.3) is 0 Å². The maximum absolute atomic E-state index is 13.9. The second-order valence-corrected chi connectivity index (χ2v) is 11.2. The summed E-state index contributed by atoms with van der Waals surface area (Å²) in [6, 6.07) is 23.0. The van der Waals surface area contributed by atoms with E-state index in [0.29, 0.717) is 18.1 Å². The van der Waals surface area contributed by atoms with Crippen LogP contribution in [0.5, 0.6) is 5.75 Å². The van der Waals surface area contributed by atoms with Gasteiger partial charge in [-0.2, -0.15) is 0 Å². The normalized spacial score (nSPS) is 11.1. The molecule has 0 aliphatic rings. The van der Waals surface area contributed by atoms with E-state index in [1.807, 2.05) is 6.26 Å². The second kappa shape index (κ2) is 13.2. The number of carbonyl (C=O) groups excluding carboxylic acids is 2. The molecule has 0 aliphatic carbocycles. The molecule has 208 valence electrons. The van der Waals surface area contributed by atoms with Gasteiger partial charge in [0.1, 0.15) is 18.1 Å². The zero-order valence-corrected chi connectivity index (χ0v) is 23.6. The molecule has 2 amide bonds. The average Bonchev–Trinajstić information content (AvgIpc) is 3.49. The fourth-order valence-electron chi connectivity index (χ4n) is 3.90. The Labute approximate surface area is 237 Å². The lowest BCUT2D eigenvalue weighted by molar-refractivity contribution is -0.114. The monoisotopic (exact) mass is 579 g/mol. The third-order valence-corrected chi connectivity index (χ3v) is 8.34. The molecule has 11 heteroatoms.